The van der Waals surface area contributed by atoms with Crippen LogP contribution in [0.15, 0.2) is 52.0 Å². The molecule has 1 aromatic carbocycles. The Morgan fingerprint density at radius 1 is 1.15 bits per heavy atom. The van der Waals surface area contributed by atoms with Crippen LogP contribution in [0.5, 0.6) is 0 Å². The second-order valence-electron chi connectivity index (χ2n) is 6.71. The largest absolute Gasteiger partial charge is 0.465 e. The van der Waals surface area contributed by atoms with E-state index in [2.05, 4.69) is 41.0 Å². The monoisotopic (exact) mass is 399 g/mol. The van der Waals surface area contributed by atoms with E-state index < -0.39 is 0 Å². The van der Waals surface area contributed by atoms with Crippen molar-refractivity contribution in [1.82, 2.24) is 9.80 Å². The molecule has 0 bridgehead atoms. The van der Waals surface area contributed by atoms with Crippen molar-refractivity contribution in [3.63, 3.8) is 0 Å². The van der Waals surface area contributed by atoms with Crippen LogP contribution >= 0.6 is 24.0 Å². The van der Waals surface area contributed by atoms with Gasteiger partial charge in [0.15, 0.2) is 0 Å². The molecule has 0 saturated carbocycles. The molecule has 2 saturated heterocycles. The Labute approximate surface area is 168 Å². The SMILES string of the molecule is Cc1ccc(N2CCN(CN3C(=O)C(=Cc4ccco4)SC3=S)CC2)cc1. The van der Waals surface area contributed by atoms with Gasteiger partial charge in [0.1, 0.15) is 10.1 Å². The van der Waals surface area contributed by atoms with E-state index in [1.54, 1.807) is 23.3 Å². The van der Waals surface area contributed by atoms with Crippen LogP contribution in [0.4, 0.5) is 5.69 Å². The third-order valence-corrected chi connectivity index (χ3v) is 6.18. The maximum Gasteiger partial charge on any atom is 0.267 e. The number of furan rings is 1. The van der Waals surface area contributed by atoms with Crippen LogP contribution in [0.3, 0.4) is 0 Å². The maximum absolute atomic E-state index is 12.7. The Balaban J connectivity index is 1.35. The van der Waals surface area contributed by atoms with E-state index >= 15 is 0 Å². The van der Waals surface area contributed by atoms with Gasteiger partial charge >= 0.3 is 0 Å². The third kappa shape index (κ3) is 4.10. The quantitative estimate of drug-likeness (QED) is 0.578. The topological polar surface area (TPSA) is 39.9 Å². The lowest BCUT2D eigenvalue weighted by molar-refractivity contribution is -0.123. The molecule has 27 heavy (non-hydrogen) atoms. The Morgan fingerprint density at radius 2 is 1.89 bits per heavy atom. The van der Waals surface area contributed by atoms with Gasteiger partial charge in [-0.3, -0.25) is 14.6 Å². The maximum atomic E-state index is 12.7. The summed E-state index contributed by atoms with van der Waals surface area (Å²) in [4.78, 5) is 19.7. The van der Waals surface area contributed by atoms with Gasteiger partial charge in [0.05, 0.1) is 17.8 Å². The molecule has 4 rings (SSSR count). The molecule has 2 aliphatic heterocycles. The number of benzene rings is 1. The predicted molar refractivity (Wildman–Crippen MR) is 114 cm³/mol. The second kappa shape index (κ2) is 7.88. The van der Waals surface area contributed by atoms with E-state index in [4.69, 9.17) is 16.6 Å². The zero-order valence-corrected chi connectivity index (χ0v) is 16.8. The Morgan fingerprint density at radius 3 is 2.56 bits per heavy atom. The predicted octanol–water partition coefficient (Wildman–Crippen LogP) is 3.57. The van der Waals surface area contributed by atoms with Gasteiger partial charge in [-0.25, -0.2) is 0 Å². The lowest BCUT2D eigenvalue weighted by Gasteiger charge is -2.37. The minimum absolute atomic E-state index is 0.0395. The fraction of sp³-hybridized carbons (Fsp3) is 0.300. The first-order valence-electron chi connectivity index (χ1n) is 8.93. The van der Waals surface area contributed by atoms with Gasteiger partial charge in [-0.1, -0.05) is 41.7 Å². The van der Waals surface area contributed by atoms with Gasteiger partial charge in [0, 0.05) is 37.9 Å². The van der Waals surface area contributed by atoms with Crippen molar-refractivity contribution >= 4 is 46.0 Å². The average molecular weight is 400 g/mol. The molecule has 3 heterocycles. The van der Waals surface area contributed by atoms with Gasteiger partial charge in [-0.2, -0.15) is 0 Å². The van der Waals surface area contributed by atoms with Gasteiger partial charge in [0.25, 0.3) is 5.91 Å². The van der Waals surface area contributed by atoms with Crippen molar-refractivity contribution in [2.24, 2.45) is 0 Å². The normalized spacial score (nSPS) is 20.1. The van der Waals surface area contributed by atoms with Crippen LogP contribution in [0.2, 0.25) is 0 Å². The summed E-state index contributed by atoms with van der Waals surface area (Å²) >= 11 is 6.77. The summed E-state index contributed by atoms with van der Waals surface area (Å²) in [5.74, 6) is 0.629. The number of thiocarbonyl (C=S) groups is 1. The molecular formula is C20H21N3O2S2. The zero-order chi connectivity index (χ0) is 18.8. The van der Waals surface area contributed by atoms with E-state index in [0.29, 0.717) is 21.7 Å². The molecule has 5 nitrogen and oxygen atoms in total. The molecule has 1 amide bonds. The molecule has 0 radical (unpaired) electrons. The van der Waals surface area contributed by atoms with E-state index in [0.717, 1.165) is 26.2 Å². The van der Waals surface area contributed by atoms with Gasteiger partial charge in [-0.15, -0.1) is 0 Å². The smallest absolute Gasteiger partial charge is 0.267 e. The number of rotatable bonds is 4. The highest BCUT2D eigenvalue weighted by Gasteiger charge is 2.34. The summed E-state index contributed by atoms with van der Waals surface area (Å²) in [6.07, 6.45) is 3.36. The molecule has 2 aliphatic rings. The number of amides is 1. The lowest BCUT2D eigenvalue weighted by atomic mass is 10.2. The second-order valence-corrected chi connectivity index (χ2v) is 8.38. The number of anilines is 1. The minimum Gasteiger partial charge on any atom is -0.465 e. The summed E-state index contributed by atoms with van der Waals surface area (Å²) in [6, 6.07) is 12.3. The molecule has 0 atom stereocenters. The zero-order valence-electron chi connectivity index (χ0n) is 15.1. The van der Waals surface area contributed by atoms with Crippen LogP contribution in [-0.4, -0.2) is 52.9 Å². The standard InChI is InChI=1S/C20H21N3O2S2/c1-15-4-6-16(7-5-15)22-10-8-21(9-11-22)14-23-19(24)18(27-20(23)26)13-17-3-2-12-25-17/h2-7,12-13H,8-11,14H2,1H3. The summed E-state index contributed by atoms with van der Waals surface area (Å²) in [6.45, 7) is 6.34. The van der Waals surface area contributed by atoms with Crippen LogP contribution in [0, 0.1) is 6.92 Å². The van der Waals surface area contributed by atoms with Crippen molar-refractivity contribution in [2.45, 2.75) is 6.92 Å². The molecule has 0 spiro atoms. The van der Waals surface area contributed by atoms with Gasteiger partial charge in [0.2, 0.25) is 0 Å². The van der Waals surface area contributed by atoms with Crippen molar-refractivity contribution in [2.75, 3.05) is 37.7 Å². The first-order valence-corrected chi connectivity index (χ1v) is 10.2. The van der Waals surface area contributed by atoms with Crippen LogP contribution < -0.4 is 4.90 Å². The van der Waals surface area contributed by atoms with E-state index in [9.17, 15) is 4.79 Å². The number of hydrogen-bond donors (Lipinski definition) is 0. The first-order chi connectivity index (χ1) is 13.1. The highest BCUT2D eigenvalue weighted by atomic mass is 32.2. The van der Waals surface area contributed by atoms with Crippen LogP contribution in [0.25, 0.3) is 6.08 Å². The summed E-state index contributed by atoms with van der Waals surface area (Å²) in [7, 11) is 0. The molecular weight excluding hydrogens is 378 g/mol. The molecule has 2 aromatic rings. The highest BCUT2D eigenvalue weighted by molar-refractivity contribution is 8.26. The molecule has 140 valence electrons. The Hall–Kier alpha value is -2.09. The van der Waals surface area contributed by atoms with Crippen molar-refractivity contribution in [3.8, 4) is 0 Å². The number of piperazine rings is 1. The number of aryl methyl sites for hydroxylation is 1. The molecule has 0 N–H and O–H groups in total. The Kier molecular flexibility index (Phi) is 5.33. The number of carbonyl (C=O) groups is 1. The van der Waals surface area contributed by atoms with Crippen molar-refractivity contribution < 1.29 is 9.21 Å². The number of thioether (sulfide) groups is 1. The fourth-order valence-electron chi connectivity index (χ4n) is 3.23. The lowest BCUT2D eigenvalue weighted by Crippen LogP contribution is -2.50. The fourth-order valence-corrected chi connectivity index (χ4v) is 4.45. The third-order valence-electron chi connectivity index (χ3n) is 4.80. The molecule has 7 heteroatoms. The van der Waals surface area contributed by atoms with Gasteiger partial charge in [-0.05, 0) is 31.2 Å². The van der Waals surface area contributed by atoms with E-state index in [1.165, 1.54) is 23.0 Å². The first kappa shape index (κ1) is 18.3. The average Bonchev–Trinajstić information content (AvgIpc) is 3.27. The number of carbonyl (C=O) groups excluding carboxylic acids is 1. The molecule has 2 fully saturated rings. The van der Waals surface area contributed by atoms with Crippen molar-refractivity contribution in [3.05, 3.63) is 58.9 Å². The highest BCUT2D eigenvalue weighted by Crippen LogP contribution is 2.32. The minimum atomic E-state index is -0.0395. The van der Waals surface area contributed by atoms with Crippen molar-refractivity contribution in [1.29, 1.82) is 0 Å². The van der Waals surface area contributed by atoms with Gasteiger partial charge < -0.3 is 9.32 Å². The van der Waals surface area contributed by atoms with Crippen LogP contribution in [0.1, 0.15) is 11.3 Å². The number of nitrogens with zero attached hydrogens (tertiary/aromatic N) is 3. The van der Waals surface area contributed by atoms with E-state index in [1.807, 2.05) is 6.07 Å². The number of hydrogen-bond acceptors (Lipinski definition) is 6. The molecule has 0 unspecified atom stereocenters. The molecule has 1 aromatic heterocycles. The summed E-state index contributed by atoms with van der Waals surface area (Å²) in [5.41, 5.74) is 2.53. The van der Waals surface area contributed by atoms with Crippen LogP contribution in [-0.2, 0) is 4.79 Å². The summed E-state index contributed by atoms with van der Waals surface area (Å²) in [5, 5.41) is 0. The molecule has 0 aliphatic carbocycles. The Bertz CT molecular complexity index is 854. The summed E-state index contributed by atoms with van der Waals surface area (Å²) < 4.78 is 5.92. The van der Waals surface area contributed by atoms with E-state index in [-0.39, 0.29) is 5.91 Å².